The fourth-order valence-electron chi connectivity index (χ4n) is 4.37. The maximum Gasteiger partial charge on any atom is 0.261 e. The fourth-order valence-corrected chi connectivity index (χ4v) is 6.80. The highest BCUT2D eigenvalue weighted by molar-refractivity contribution is 7.92. The maximum atomic E-state index is 12.6. The Morgan fingerprint density at radius 3 is 2.34 bits per heavy atom. The zero-order chi connectivity index (χ0) is 28.3. The molecule has 218 valence electrons. The first-order chi connectivity index (χ1) is 19.2. The van der Waals surface area contributed by atoms with E-state index in [0.717, 1.165) is 48.1 Å². The van der Waals surface area contributed by atoms with Crippen molar-refractivity contribution < 1.29 is 17.9 Å². The summed E-state index contributed by atoms with van der Waals surface area (Å²) in [5.41, 5.74) is 1.59. The molecule has 0 unspecified atom stereocenters. The topological polar surface area (TPSA) is 104 Å². The normalized spacial score (nSPS) is 14.0. The van der Waals surface area contributed by atoms with Crippen LogP contribution >= 0.6 is 46.9 Å². The summed E-state index contributed by atoms with van der Waals surface area (Å²) in [4.78, 5) is 22.1. The zero-order valence-corrected chi connectivity index (χ0v) is 25.9. The monoisotopic (exact) mass is 655 g/mol. The number of carbonyl (C=O) groups is 1. The van der Waals surface area contributed by atoms with Crippen LogP contribution in [-0.4, -0.2) is 70.6 Å². The molecule has 1 saturated heterocycles. The van der Waals surface area contributed by atoms with Crippen molar-refractivity contribution in [2.45, 2.75) is 4.90 Å². The van der Waals surface area contributed by atoms with Crippen molar-refractivity contribution in [3.63, 3.8) is 0 Å². The Bertz CT molecular complexity index is 1610. The van der Waals surface area contributed by atoms with Crippen LogP contribution in [0.2, 0.25) is 10.0 Å². The van der Waals surface area contributed by atoms with Crippen molar-refractivity contribution in [2.75, 3.05) is 56.0 Å². The number of hydrogen-bond donors (Lipinski definition) is 2. The van der Waals surface area contributed by atoms with Gasteiger partial charge in [0.15, 0.2) is 10.9 Å². The number of thiazole rings is 1. The predicted molar refractivity (Wildman–Crippen MR) is 168 cm³/mol. The number of nitrogens with one attached hydrogen (secondary N) is 2. The molecule has 1 aliphatic rings. The smallest absolute Gasteiger partial charge is 0.261 e. The van der Waals surface area contributed by atoms with Crippen molar-refractivity contribution in [1.29, 1.82) is 0 Å². The fraction of sp³-hybridized carbons (Fsp3) is 0.259. The molecule has 0 atom stereocenters. The SMILES string of the molecule is COc1c(Cl)ccc2sc(N3CCN(CCNC(=O)c4ccc(NS(=O)(=O)c5ccc(Cl)cc5)cc4)CC3)nc12.Cl. The van der Waals surface area contributed by atoms with Gasteiger partial charge in [0.05, 0.1) is 21.7 Å². The van der Waals surface area contributed by atoms with Crippen LogP contribution in [0.4, 0.5) is 10.8 Å². The van der Waals surface area contributed by atoms with Crippen LogP contribution in [0.1, 0.15) is 10.4 Å². The maximum absolute atomic E-state index is 12.6. The largest absolute Gasteiger partial charge is 0.493 e. The molecule has 1 aliphatic heterocycles. The van der Waals surface area contributed by atoms with E-state index in [9.17, 15) is 13.2 Å². The number of carbonyl (C=O) groups excluding carboxylic acids is 1. The third kappa shape index (κ3) is 7.35. The van der Waals surface area contributed by atoms with Crippen LogP contribution in [0.25, 0.3) is 10.2 Å². The van der Waals surface area contributed by atoms with Gasteiger partial charge in [-0.05, 0) is 60.7 Å². The van der Waals surface area contributed by atoms with E-state index < -0.39 is 10.0 Å². The highest BCUT2D eigenvalue weighted by Crippen LogP contribution is 2.38. The minimum Gasteiger partial charge on any atom is -0.493 e. The Kier molecular flexibility index (Phi) is 10.2. The molecule has 0 saturated carbocycles. The lowest BCUT2D eigenvalue weighted by atomic mass is 10.2. The Morgan fingerprint density at radius 1 is 1.00 bits per heavy atom. The molecule has 4 aromatic rings. The number of benzene rings is 3. The van der Waals surface area contributed by atoms with E-state index in [1.54, 1.807) is 42.7 Å². The number of ether oxygens (including phenoxy) is 1. The third-order valence-corrected chi connectivity index (χ3v) is 9.57. The molecule has 0 radical (unpaired) electrons. The van der Waals surface area contributed by atoms with E-state index >= 15 is 0 Å². The second kappa shape index (κ2) is 13.5. The first-order valence-electron chi connectivity index (χ1n) is 12.5. The van der Waals surface area contributed by atoms with Gasteiger partial charge in [0.1, 0.15) is 5.52 Å². The zero-order valence-electron chi connectivity index (χ0n) is 22.0. The summed E-state index contributed by atoms with van der Waals surface area (Å²) in [6.45, 7) is 4.59. The van der Waals surface area contributed by atoms with Gasteiger partial charge in [-0.25, -0.2) is 13.4 Å². The molecule has 2 heterocycles. The second-order valence-electron chi connectivity index (χ2n) is 9.15. The van der Waals surface area contributed by atoms with E-state index in [4.69, 9.17) is 32.9 Å². The van der Waals surface area contributed by atoms with E-state index in [1.807, 2.05) is 12.1 Å². The molecule has 1 fully saturated rings. The van der Waals surface area contributed by atoms with Gasteiger partial charge in [0.25, 0.3) is 15.9 Å². The molecule has 1 aromatic heterocycles. The van der Waals surface area contributed by atoms with Crippen molar-refractivity contribution in [3.8, 4) is 5.75 Å². The summed E-state index contributed by atoms with van der Waals surface area (Å²) in [7, 11) is -2.16. The van der Waals surface area contributed by atoms with Gasteiger partial charge in [0, 0.05) is 55.5 Å². The first-order valence-corrected chi connectivity index (χ1v) is 15.6. The summed E-state index contributed by atoms with van der Waals surface area (Å²) >= 11 is 13.7. The summed E-state index contributed by atoms with van der Waals surface area (Å²) < 4.78 is 34.1. The number of fused-ring (bicyclic) bond motifs is 1. The Labute approximate surface area is 258 Å². The molecule has 9 nitrogen and oxygen atoms in total. The van der Waals surface area contributed by atoms with Gasteiger partial charge < -0.3 is 15.0 Å². The van der Waals surface area contributed by atoms with Gasteiger partial charge in [-0.1, -0.05) is 34.5 Å². The van der Waals surface area contributed by atoms with E-state index in [1.165, 1.54) is 24.3 Å². The van der Waals surface area contributed by atoms with Crippen LogP contribution < -0.4 is 19.7 Å². The standard InChI is InChI=1S/C27H27Cl2N5O4S2.ClH/c1-38-25-22(29)10-11-23-24(25)31-27(39-23)34-16-14-33(15-17-34)13-12-30-26(35)18-2-6-20(7-3-18)32-40(36,37)21-8-4-19(28)5-9-21;/h2-11,32H,12-17H2,1H3,(H,30,35);1H. The third-order valence-electron chi connectivity index (χ3n) is 6.54. The van der Waals surface area contributed by atoms with Gasteiger partial charge in [-0.3, -0.25) is 14.4 Å². The summed E-state index contributed by atoms with van der Waals surface area (Å²) in [5, 5.41) is 4.89. The summed E-state index contributed by atoms with van der Waals surface area (Å²) in [6, 6.07) is 16.0. The molecule has 0 spiro atoms. The van der Waals surface area contributed by atoms with Gasteiger partial charge >= 0.3 is 0 Å². The number of methoxy groups -OCH3 is 1. The number of nitrogens with zero attached hydrogens (tertiary/aromatic N) is 3. The van der Waals surface area contributed by atoms with Crippen LogP contribution in [0.15, 0.2) is 65.6 Å². The molecule has 0 aliphatic carbocycles. The molecular formula is C27H28Cl3N5O4S2. The average Bonchev–Trinajstić information content (AvgIpc) is 3.38. The lowest BCUT2D eigenvalue weighted by molar-refractivity contribution is 0.0948. The van der Waals surface area contributed by atoms with Gasteiger partial charge in [-0.2, -0.15) is 0 Å². The van der Waals surface area contributed by atoms with Crippen LogP contribution in [0.3, 0.4) is 0 Å². The van der Waals surface area contributed by atoms with Crippen LogP contribution in [0.5, 0.6) is 5.75 Å². The van der Waals surface area contributed by atoms with Crippen LogP contribution in [-0.2, 0) is 10.0 Å². The number of hydrogen-bond acceptors (Lipinski definition) is 8. The highest BCUT2D eigenvalue weighted by atomic mass is 35.5. The van der Waals surface area contributed by atoms with Gasteiger partial charge in [0.2, 0.25) is 0 Å². The Balaban J connectivity index is 0.00000387. The van der Waals surface area contributed by atoms with E-state index in [0.29, 0.717) is 33.6 Å². The first kappa shape index (κ1) is 31.1. The number of sulfonamides is 1. The lowest BCUT2D eigenvalue weighted by Gasteiger charge is -2.34. The number of piperazine rings is 1. The number of aromatic nitrogens is 1. The molecule has 5 rings (SSSR count). The van der Waals surface area contributed by atoms with E-state index in [2.05, 4.69) is 19.8 Å². The van der Waals surface area contributed by atoms with Gasteiger partial charge in [-0.15, -0.1) is 12.4 Å². The minimum absolute atomic E-state index is 0. The molecule has 14 heteroatoms. The number of halogens is 3. The predicted octanol–water partition coefficient (Wildman–Crippen LogP) is 5.39. The number of rotatable bonds is 9. The van der Waals surface area contributed by atoms with Crippen molar-refractivity contribution in [1.82, 2.24) is 15.2 Å². The minimum atomic E-state index is -3.76. The Morgan fingerprint density at radius 2 is 1.68 bits per heavy atom. The van der Waals surface area contributed by atoms with E-state index in [-0.39, 0.29) is 23.2 Å². The molecular weight excluding hydrogens is 629 g/mol. The van der Waals surface area contributed by atoms with Crippen LogP contribution in [0, 0.1) is 0 Å². The molecule has 3 aromatic carbocycles. The average molecular weight is 657 g/mol. The lowest BCUT2D eigenvalue weighted by Crippen LogP contribution is -2.48. The summed E-state index contributed by atoms with van der Waals surface area (Å²) in [5.74, 6) is 0.387. The molecule has 1 amide bonds. The summed E-state index contributed by atoms with van der Waals surface area (Å²) in [6.07, 6.45) is 0. The van der Waals surface area contributed by atoms with Crippen molar-refractivity contribution >= 4 is 83.9 Å². The Hall–Kier alpha value is -2.80. The van der Waals surface area contributed by atoms with Crippen molar-refractivity contribution in [3.05, 3.63) is 76.3 Å². The second-order valence-corrected chi connectivity index (χ2v) is 12.7. The van der Waals surface area contributed by atoms with Crippen molar-refractivity contribution in [2.24, 2.45) is 0 Å². The molecule has 2 N–H and O–H groups in total. The number of anilines is 2. The quantitative estimate of drug-likeness (QED) is 0.249. The molecule has 41 heavy (non-hydrogen) atoms. The molecule has 0 bridgehead atoms. The number of amides is 1. The highest BCUT2D eigenvalue weighted by Gasteiger charge is 2.21.